The Morgan fingerprint density at radius 1 is 1.11 bits per heavy atom. The van der Waals surface area contributed by atoms with Gasteiger partial charge in [0.15, 0.2) is 5.16 Å². The van der Waals surface area contributed by atoms with E-state index in [-0.39, 0.29) is 5.56 Å². The summed E-state index contributed by atoms with van der Waals surface area (Å²) in [5.41, 5.74) is 1.98. The van der Waals surface area contributed by atoms with E-state index in [1.165, 1.54) is 11.8 Å². The van der Waals surface area contributed by atoms with Crippen LogP contribution in [0.5, 0.6) is 5.75 Å². The molecule has 0 saturated heterocycles. The van der Waals surface area contributed by atoms with Gasteiger partial charge in [0.2, 0.25) is 5.65 Å². The Balaban J connectivity index is 1.63. The van der Waals surface area contributed by atoms with E-state index < -0.39 is 0 Å². The van der Waals surface area contributed by atoms with Gasteiger partial charge in [-0.3, -0.25) is 13.8 Å². The molecule has 2 aromatic heterocycles. The molecule has 27 heavy (non-hydrogen) atoms. The molecule has 0 bridgehead atoms. The Morgan fingerprint density at radius 2 is 1.93 bits per heavy atom. The fourth-order valence-electron chi connectivity index (χ4n) is 2.68. The van der Waals surface area contributed by atoms with Gasteiger partial charge in [0.25, 0.3) is 0 Å². The molecule has 0 N–H and O–H groups in total. The highest BCUT2D eigenvalue weighted by molar-refractivity contribution is 9.10. The zero-order valence-corrected chi connectivity index (χ0v) is 16.8. The van der Waals surface area contributed by atoms with Crippen molar-refractivity contribution in [2.75, 3.05) is 7.11 Å². The number of methoxy groups -OCH3 is 1. The summed E-state index contributed by atoms with van der Waals surface area (Å²) in [5.74, 6) is 1.52. The maximum atomic E-state index is 12.8. The van der Waals surface area contributed by atoms with Crippen LogP contribution in [-0.2, 0) is 5.75 Å². The smallest absolute Gasteiger partial charge is 0.300 e. The van der Waals surface area contributed by atoms with Crippen LogP contribution >= 0.6 is 27.7 Å². The monoisotopic (exact) mass is 442 g/mol. The van der Waals surface area contributed by atoms with Gasteiger partial charge < -0.3 is 4.74 Å². The van der Waals surface area contributed by atoms with Gasteiger partial charge in [-0.25, -0.2) is 0 Å². The van der Waals surface area contributed by atoms with E-state index in [4.69, 9.17) is 4.74 Å². The van der Waals surface area contributed by atoms with E-state index in [2.05, 4.69) is 26.1 Å². The summed E-state index contributed by atoms with van der Waals surface area (Å²) in [7, 11) is 1.65. The third-order valence-corrected chi connectivity index (χ3v) is 5.59. The lowest BCUT2D eigenvalue weighted by Crippen LogP contribution is -2.20. The number of hydrogen-bond acceptors (Lipinski definition) is 5. The minimum Gasteiger partial charge on any atom is -0.497 e. The highest BCUT2D eigenvalue weighted by Gasteiger charge is 2.12. The van der Waals surface area contributed by atoms with E-state index in [9.17, 15) is 4.79 Å². The predicted octanol–water partition coefficient (Wildman–Crippen LogP) is 3.94. The van der Waals surface area contributed by atoms with Crippen molar-refractivity contribution in [3.8, 4) is 11.4 Å². The Bertz CT molecular complexity index is 1150. The third-order valence-electron chi connectivity index (χ3n) is 4.05. The van der Waals surface area contributed by atoms with Gasteiger partial charge in [-0.1, -0.05) is 39.8 Å². The van der Waals surface area contributed by atoms with Gasteiger partial charge in [0.05, 0.1) is 7.11 Å². The lowest BCUT2D eigenvalue weighted by Gasteiger charge is -2.07. The van der Waals surface area contributed by atoms with Crippen LogP contribution in [-0.4, -0.2) is 26.3 Å². The molecule has 0 saturated carbocycles. The highest BCUT2D eigenvalue weighted by atomic mass is 79.9. The van der Waals surface area contributed by atoms with Crippen LogP contribution in [0.25, 0.3) is 11.3 Å². The lowest BCUT2D eigenvalue weighted by atomic mass is 10.2. The van der Waals surface area contributed by atoms with Gasteiger partial charge in [0, 0.05) is 28.3 Å². The molecule has 0 aliphatic heterocycles. The second kappa shape index (κ2) is 7.58. The lowest BCUT2D eigenvalue weighted by molar-refractivity contribution is 0.414. The van der Waals surface area contributed by atoms with Crippen molar-refractivity contribution in [3.05, 3.63) is 81.3 Å². The Labute approximate surface area is 167 Å². The van der Waals surface area contributed by atoms with Gasteiger partial charge >= 0.3 is 5.56 Å². The molecule has 0 spiro atoms. The van der Waals surface area contributed by atoms with Crippen molar-refractivity contribution in [1.29, 1.82) is 0 Å². The Morgan fingerprint density at radius 3 is 2.70 bits per heavy atom. The first-order valence-electron chi connectivity index (χ1n) is 8.14. The number of benzene rings is 2. The summed E-state index contributed by atoms with van der Waals surface area (Å²) in [6.07, 6.45) is 3.55. The summed E-state index contributed by atoms with van der Waals surface area (Å²) >= 11 is 4.92. The van der Waals surface area contributed by atoms with Crippen molar-refractivity contribution < 1.29 is 4.74 Å². The fourth-order valence-corrected chi connectivity index (χ4v) is 3.80. The third kappa shape index (κ3) is 3.63. The molecule has 4 rings (SSSR count). The first-order chi connectivity index (χ1) is 13.2. The van der Waals surface area contributed by atoms with Crippen molar-refractivity contribution in [2.45, 2.75) is 10.9 Å². The summed E-state index contributed by atoms with van der Waals surface area (Å²) in [5, 5.41) is 8.95. The molecule has 2 heterocycles. The maximum absolute atomic E-state index is 12.8. The van der Waals surface area contributed by atoms with Crippen molar-refractivity contribution in [1.82, 2.24) is 19.2 Å². The molecule has 0 aliphatic rings. The van der Waals surface area contributed by atoms with Crippen LogP contribution in [0.4, 0.5) is 0 Å². The molecule has 6 nitrogen and oxygen atoms in total. The summed E-state index contributed by atoms with van der Waals surface area (Å²) in [4.78, 5) is 12.8. The summed E-state index contributed by atoms with van der Waals surface area (Å²) < 4.78 is 9.50. The maximum Gasteiger partial charge on any atom is 0.300 e. The number of hydrogen-bond donors (Lipinski definition) is 0. The van der Waals surface area contributed by atoms with Gasteiger partial charge in [-0.15, -0.1) is 10.2 Å². The number of thioether (sulfide) groups is 1. The van der Waals surface area contributed by atoms with E-state index in [0.29, 0.717) is 16.6 Å². The molecule has 0 atom stereocenters. The topological polar surface area (TPSA) is 61.4 Å². The quantitative estimate of drug-likeness (QED) is 0.438. The number of nitrogens with zero attached hydrogens (tertiary/aromatic N) is 4. The van der Waals surface area contributed by atoms with Gasteiger partial charge in [-0.2, -0.15) is 0 Å². The normalized spacial score (nSPS) is 11.0. The molecule has 0 amide bonds. The molecule has 136 valence electrons. The number of ether oxygens (including phenoxy) is 1. The molecular formula is C19H15BrN4O2S. The van der Waals surface area contributed by atoms with E-state index in [1.807, 2.05) is 54.7 Å². The Kier molecular flexibility index (Phi) is 5.00. The first kappa shape index (κ1) is 17.8. The summed E-state index contributed by atoms with van der Waals surface area (Å²) in [6, 6.07) is 15.4. The molecule has 8 heteroatoms. The summed E-state index contributed by atoms with van der Waals surface area (Å²) in [6.45, 7) is 0. The minimum absolute atomic E-state index is 0.208. The average Bonchev–Trinajstić information content (AvgIpc) is 3.12. The molecular weight excluding hydrogens is 428 g/mol. The number of rotatable bonds is 5. The first-order valence-corrected chi connectivity index (χ1v) is 9.91. The van der Waals surface area contributed by atoms with Crippen molar-refractivity contribution in [2.24, 2.45) is 0 Å². The van der Waals surface area contributed by atoms with Crippen LogP contribution in [0.15, 0.2) is 75.3 Å². The van der Waals surface area contributed by atoms with E-state index in [1.54, 1.807) is 22.3 Å². The van der Waals surface area contributed by atoms with E-state index in [0.717, 1.165) is 21.5 Å². The Hall–Kier alpha value is -2.58. The highest BCUT2D eigenvalue weighted by Crippen LogP contribution is 2.23. The van der Waals surface area contributed by atoms with Crippen LogP contribution in [0.2, 0.25) is 0 Å². The molecule has 0 radical (unpaired) electrons. The van der Waals surface area contributed by atoms with E-state index >= 15 is 0 Å². The van der Waals surface area contributed by atoms with Gasteiger partial charge in [-0.05, 0) is 42.0 Å². The number of aromatic nitrogens is 4. The van der Waals surface area contributed by atoms with Crippen molar-refractivity contribution in [3.63, 3.8) is 0 Å². The second-order valence-corrected chi connectivity index (χ2v) is 7.62. The standard InChI is InChI=1S/C19H15BrN4O2S/c1-26-16-4-2-3-13(11-16)12-27-19-22-21-17-18(25)23(9-10-24(17)19)15-7-5-14(20)6-8-15/h2-11H,12H2,1H3. The second-order valence-electron chi connectivity index (χ2n) is 5.77. The molecule has 0 aliphatic carbocycles. The average molecular weight is 443 g/mol. The minimum atomic E-state index is -0.208. The van der Waals surface area contributed by atoms with Crippen molar-refractivity contribution >= 4 is 33.3 Å². The molecule has 0 unspecified atom stereocenters. The van der Waals surface area contributed by atoms with Crippen LogP contribution in [0.1, 0.15) is 5.56 Å². The van der Waals surface area contributed by atoms with Gasteiger partial charge in [0.1, 0.15) is 5.75 Å². The van der Waals surface area contributed by atoms with Crippen LogP contribution in [0, 0.1) is 0 Å². The molecule has 0 fully saturated rings. The largest absolute Gasteiger partial charge is 0.497 e. The van der Waals surface area contributed by atoms with Crippen LogP contribution in [0.3, 0.4) is 0 Å². The zero-order valence-electron chi connectivity index (χ0n) is 14.4. The SMILES string of the molecule is COc1cccc(CSc2nnc3c(=O)n(-c4ccc(Br)cc4)ccn23)c1. The number of halogens is 1. The predicted molar refractivity (Wildman–Crippen MR) is 109 cm³/mol. The molecule has 2 aromatic carbocycles. The molecule has 4 aromatic rings. The van der Waals surface area contributed by atoms with Crippen LogP contribution < -0.4 is 10.3 Å². The zero-order chi connectivity index (χ0) is 18.8. The fraction of sp³-hybridized carbons (Fsp3) is 0.105. The number of fused-ring (bicyclic) bond motifs is 1.